The molecule has 0 bridgehead atoms. The van der Waals surface area contributed by atoms with Gasteiger partial charge in [0.15, 0.2) is 11.5 Å². The van der Waals surface area contributed by atoms with Crippen molar-refractivity contribution in [2.75, 3.05) is 6.79 Å². The van der Waals surface area contributed by atoms with Gasteiger partial charge < -0.3 is 19.2 Å². The number of nitrogens with zero attached hydrogens (tertiary/aromatic N) is 1. The van der Waals surface area contributed by atoms with Gasteiger partial charge in [0.25, 0.3) is 5.69 Å². The molecular formula is C16H14N2O6. The average Bonchev–Trinajstić information content (AvgIpc) is 3.22. The molecule has 2 aromatic rings. The van der Waals surface area contributed by atoms with Gasteiger partial charge in [0.1, 0.15) is 5.76 Å². The first-order valence-electron chi connectivity index (χ1n) is 7.14. The van der Waals surface area contributed by atoms with Gasteiger partial charge in [-0.3, -0.25) is 14.9 Å². The number of hydrogen-bond acceptors (Lipinski definition) is 6. The first kappa shape index (κ1) is 15.6. The van der Waals surface area contributed by atoms with Crippen molar-refractivity contribution in [2.45, 2.75) is 13.0 Å². The smallest absolute Gasteiger partial charge is 0.280 e. The van der Waals surface area contributed by atoms with E-state index in [1.54, 1.807) is 19.1 Å². The number of nitrogens with one attached hydrogen (secondary N) is 1. The lowest BCUT2D eigenvalue weighted by Gasteiger charge is -2.09. The molecule has 0 saturated heterocycles. The van der Waals surface area contributed by atoms with E-state index in [2.05, 4.69) is 5.32 Å². The summed E-state index contributed by atoms with van der Waals surface area (Å²) in [7, 11) is 0. The van der Waals surface area contributed by atoms with E-state index in [1.807, 2.05) is 0 Å². The van der Waals surface area contributed by atoms with Gasteiger partial charge >= 0.3 is 0 Å². The van der Waals surface area contributed by atoms with Crippen LogP contribution in [0.4, 0.5) is 5.69 Å². The largest absolute Gasteiger partial charge is 0.467 e. The molecule has 8 nitrogen and oxygen atoms in total. The normalized spacial score (nSPS) is 13.9. The lowest BCUT2D eigenvalue weighted by atomic mass is 10.1. The van der Waals surface area contributed by atoms with Crippen LogP contribution in [-0.2, 0) is 4.79 Å². The van der Waals surface area contributed by atoms with E-state index in [0.717, 1.165) is 0 Å². The zero-order chi connectivity index (χ0) is 17.1. The van der Waals surface area contributed by atoms with Crippen LogP contribution in [0.2, 0.25) is 0 Å². The minimum atomic E-state index is -0.537. The number of fused-ring (bicyclic) bond motifs is 1. The highest BCUT2D eigenvalue weighted by Gasteiger charge is 2.22. The molecule has 0 spiro atoms. The Kier molecular flexibility index (Phi) is 4.19. The first-order valence-corrected chi connectivity index (χ1v) is 7.14. The van der Waals surface area contributed by atoms with Crippen molar-refractivity contribution in [1.82, 2.24) is 5.32 Å². The van der Waals surface area contributed by atoms with Gasteiger partial charge in [-0.15, -0.1) is 0 Å². The van der Waals surface area contributed by atoms with Crippen LogP contribution in [0.25, 0.3) is 6.08 Å². The standard InChI is InChI=1S/C16H14N2O6/c1-10(13-3-2-6-22-13)17-16(19)5-4-11-7-14-15(24-9-23-14)8-12(11)18(20)21/h2-8,10H,9H2,1H3,(H,17,19)/b5-4+/t10-/m1/s1. The molecule has 124 valence electrons. The number of nitro benzene ring substituents is 1. The van der Waals surface area contributed by atoms with Crippen molar-refractivity contribution in [3.05, 3.63) is 58.0 Å². The predicted octanol–water partition coefficient (Wildman–Crippen LogP) is 2.81. The van der Waals surface area contributed by atoms with E-state index in [-0.39, 0.29) is 24.1 Å². The second-order valence-corrected chi connectivity index (χ2v) is 5.10. The van der Waals surface area contributed by atoms with Crippen molar-refractivity contribution in [1.29, 1.82) is 0 Å². The fourth-order valence-electron chi connectivity index (χ4n) is 2.27. The number of furan rings is 1. The third kappa shape index (κ3) is 3.22. The van der Waals surface area contributed by atoms with Crippen molar-refractivity contribution < 1.29 is 23.6 Å². The highest BCUT2D eigenvalue weighted by atomic mass is 16.7. The Hall–Kier alpha value is -3.29. The fourth-order valence-corrected chi connectivity index (χ4v) is 2.27. The van der Waals surface area contributed by atoms with Crippen molar-refractivity contribution in [3.63, 3.8) is 0 Å². The zero-order valence-electron chi connectivity index (χ0n) is 12.7. The van der Waals surface area contributed by atoms with E-state index in [0.29, 0.717) is 17.3 Å². The number of rotatable bonds is 5. The van der Waals surface area contributed by atoms with Gasteiger partial charge in [-0.1, -0.05) is 0 Å². The second-order valence-electron chi connectivity index (χ2n) is 5.10. The van der Waals surface area contributed by atoms with Gasteiger partial charge in [-0.05, 0) is 31.2 Å². The molecule has 0 fully saturated rings. The van der Waals surface area contributed by atoms with Crippen LogP contribution in [0.5, 0.6) is 11.5 Å². The van der Waals surface area contributed by atoms with Crippen LogP contribution in [0.15, 0.2) is 41.0 Å². The van der Waals surface area contributed by atoms with Crippen LogP contribution >= 0.6 is 0 Å². The number of ether oxygens (including phenoxy) is 2. The maximum absolute atomic E-state index is 12.0. The Morgan fingerprint density at radius 3 is 2.79 bits per heavy atom. The average molecular weight is 330 g/mol. The summed E-state index contributed by atoms with van der Waals surface area (Å²) in [6, 6.07) is 5.91. The van der Waals surface area contributed by atoms with Gasteiger partial charge in [-0.2, -0.15) is 0 Å². The summed E-state index contributed by atoms with van der Waals surface area (Å²) in [4.78, 5) is 22.6. The van der Waals surface area contributed by atoms with E-state index in [1.165, 1.54) is 30.5 Å². The number of nitro groups is 1. The maximum Gasteiger partial charge on any atom is 0.280 e. The Balaban J connectivity index is 1.76. The SMILES string of the molecule is C[C@@H](NC(=O)/C=C/c1cc2c(cc1[N+](=O)[O-])OCO2)c1ccco1. The molecule has 1 aromatic carbocycles. The third-order valence-electron chi connectivity index (χ3n) is 3.46. The molecule has 0 aliphatic carbocycles. The summed E-state index contributed by atoms with van der Waals surface area (Å²) in [5, 5.41) is 13.9. The van der Waals surface area contributed by atoms with E-state index in [4.69, 9.17) is 13.9 Å². The van der Waals surface area contributed by atoms with Crippen LogP contribution in [0, 0.1) is 10.1 Å². The molecule has 24 heavy (non-hydrogen) atoms. The molecular weight excluding hydrogens is 316 g/mol. The molecule has 0 unspecified atom stereocenters. The molecule has 1 aromatic heterocycles. The Morgan fingerprint density at radius 2 is 2.12 bits per heavy atom. The third-order valence-corrected chi connectivity index (χ3v) is 3.46. The number of carbonyl (C=O) groups is 1. The summed E-state index contributed by atoms with van der Waals surface area (Å²) in [5.74, 6) is 0.941. The highest BCUT2D eigenvalue weighted by Crippen LogP contribution is 2.38. The highest BCUT2D eigenvalue weighted by molar-refractivity contribution is 5.92. The summed E-state index contributed by atoms with van der Waals surface area (Å²) in [5.41, 5.74) is 0.0902. The van der Waals surface area contributed by atoms with Gasteiger partial charge in [-0.25, -0.2) is 0 Å². The Labute approximate surface area is 136 Å². The Bertz CT molecular complexity index is 797. The maximum atomic E-state index is 12.0. The summed E-state index contributed by atoms with van der Waals surface area (Å²) in [6.45, 7) is 1.79. The quantitative estimate of drug-likeness (QED) is 0.513. The van der Waals surface area contributed by atoms with Crippen molar-refractivity contribution >= 4 is 17.7 Å². The molecule has 8 heteroatoms. The number of amides is 1. The summed E-state index contributed by atoms with van der Waals surface area (Å²) >= 11 is 0. The minimum Gasteiger partial charge on any atom is -0.467 e. The minimum absolute atomic E-state index is 0.0147. The molecule has 1 aliphatic heterocycles. The van der Waals surface area contributed by atoms with E-state index in [9.17, 15) is 14.9 Å². The van der Waals surface area contributed by atoms with Gasteiger partial charge in [0.05, 0.1) is 28.9 Å². The summed E-state index contributed by atoms with van der Waals surface area (Å²) in [6.07, 6.45) is 4.11. The van der Waals surface area contributed by atoms with E-state index >= 15 is 0 Å². The number of hydrogen-bond donors (Lipinski definition) is 1. The number of carbonyl (C=O) groups excluding carboxylic acids is 1. The lowest BCUT2D eigenvalue weighted by Crippen LogP contribution is -2.24. The Morgan fingerprint density at radius 1 is 1.38 bits per heavy atom. The lowest BCUT2D eigenvalue weighted by molar-refractivity contribution is -0.385. The molecule has 1 amide bonds. The van der Waals surface area contributed by atoms with Crippen LogP contribution in [0.3, 0.4) is 0 Å². The fraction of sp³-hybridized carbons (Fsp3) is 0.188. The van der Waals surface area contributed by atoms with Crippen molar-refractivity contribution in [2.24, 2.45) is 0 Å². The number of benzene rings is 1. The molecule has 2 heterocycles. The monoisotopic (exact) mass is 330 g/mol. The van der Waals surface area contributed by atoms with Crippen LogP contribution < -0.4 is 14.8 Å². The molecule has 0 radical (unpaired) electrons. The zero-order valence-corrected chi connectivity index (χ0v) is 12.7. The molecule has 1 aliphatic rings. The topological polar surface area (TPSA) is 104 Å². The summed E-state index contributed by atoms with van der Waals surface area (Å²) < 4.78 is 15.5. The first-order chi connectivity index (χ1) is 11.5. The van der Waals surface area contributed by atoms with E-state index < -0.39 is 10.8 Å². The van der Waals surface area contributed by atoms with Crippen molar-refractivity contribution in [3.8, 4) is 11.5 Å². The molecule has 1 N–H and O–H groups in total. The predicted molar refractivity (Wildman–Crippen MR) is 83.5 cm³/mol. The van der Waals surface area contributed by atoms with Crippen LogP contribution in [-0.4, -0.2) is 17.6 Å². The van der Waals surface area contributed by atoms with Gasteiger partial charge in [0, 0.05) is 6.08 Å². The second kappa shape index (κ2) is 6.45. The van der Waals surface area contributed by atoms with Gasteiger partial charge in [0.2, 0.25) is 12.7 Å². The molecule has 3 rings (SSSR count). The molecule has 0 saturated carbocycles. The molecule has 1 atom stereocenters. The van der Waals surface area contributed by atoms with Crippen LogP contribution in [0.1, 0.15) is 24.3 Å².